The predicted octanol–water partition coefficient (Wildman–Crippen LogP) is -4.46. The molecule has 3 rings (SSSR count). The minimum absolute atomic E-state index is 0. The van der Waals surface area contributed by atoms with Crippen LogP contribution in [0.3, 0.4) is 0 Å². The van der Waals surface area contributed by atoms with Gasteiger partial charge in [-0.3, -0.25) is 0 Å². The van der Waals surface area contributed by atoms with Gasteiger partial charge in [-0.25, -0.2) is 4.68 Å². The predicted molar refractivity (Wildman–Crippen MR) is 52.3 cm³/mol. The molecule has 7 heteroatoms. The first-order valence-electron chi connectivity index (χ1n) is 4.32. The number of rotatable bonds is 1. The third kappa shape index (κ3) is 3.10. The molecule has 0 unspecified atom stereocenters. The molecule has 1 radical (unpaired) electrons. The molecule has 0 spiro atoms. The summed E-state index contributed by atoms with van der Waals surface area (Å²) in [6, 6.07) is 12.3. The zero-order valence-electron chi connectivity index (χ0n) is 8.59. The Bertz CT molecular complexity index is 531. The summed E-state index contributed by atoms with van der Waals surface area (Å²) in [7, 11) is 0. The molecule has 0 aliphatic heterocycles. The fraction of sp³-hybridized carbons (Fsp3) is 0. The van der Waals surface area contributed by atoms with Crippen molar-refractivity contribution in [2.45, 2.75) is 0 Å². The molecule has 85 valence electrons. The molecule has 0 atom stereocenters. The van der Waals surface area contributed by atoms with Gasteiger partial charge in [0.15, 0.2) is 0 Å². The van der Waals surface area contributed by atoms with Crippen LogP contribution in [0.2, 0.25) is 0 Å². The van der Waals surface area contributed by atoms with Crippen molar-refractivity contribution >= 4 is 10.8 Å². The van der Waals surface area contributed by atoms with E-state index in [4.69, 9.17) is 0 Å². The van der Waals surface area contributed by atoms with Crippen LogP contribution >= 0.6 is 0 Å². The van der Waals surface area contributed by atoms with Crippen molar-refractivity contribution < 1.29 is 46.5 Å². The van der Waals surface area contributed by atoms with E-state index in [1.165, 1.54) is 10.8 Å². The van der Waals surface area contributed by atoms with Crippen LogP contribution < -0.4 is 24.8 Å². The average molecular weight is 302 g/mol. The van der Waals surface area contributed by atoms with Gasteiger partial charge in [0.1, 0.15) is 6.33 Å². The molecule has 17 heavy (non-hydrogen) atoms. The van der Waals surface area contributed by atoms with E-state index in [1.54, 1.807) is 11.0 Å². The van der Waals surface area contributed by atoms with Crippen LogP contribution in [-0.4, -0.2) is 20.2 Å². The van der Waals surface area contributed by atoms with Crippen LogP contribution in [0, 0.1) is 0 Å². The molecule has 0 saturated heterocycles. The molecule has 3 aromatic rings. The molecular weight excluding hydrogens is 295 g/mol. The molecule has 0 amide bonds. The van der Waals surface area contributed by atoms with E-state index in [9.17, 15) is 0 Å². The molecule has 0 aliphatic carbocycles. The summed E-state index contributed by atoms with van der Waals surface area (Å²) in [5.41, 5.74) is 0.996. The van der Waals surface area contributed by atoms with E-state index in [-0.39, 0.29) is 46.5 Å². The Morgan fingerprint density at radius 3 is 2.53 bits per heavy atom. The Morgan fingerprint density at radius 1 is 1.12 bits per heavy atom. The molecule has 4 nitrogen and oxygen atoms in total. The first-order chi connectivity index (χ1) is 6.93. The summed E-state index contributed by atoms with van der Waals surface area (Å²) >= 11 is 0. The van der Waals surface area contributed by atoms with Crippen molar-refractivity contribution in [2.75, 3.05) is 0 Å². The third-order valence-electron chi connectivity index (χ3n) is 2.22. The van der Waals surface area contributed by atoms with E-state index in [1.807, 2.05) is 12.1 Å². The zero-order chi connectivity index (χ0) is 9.38. The largest absolute Gasteiger partial charge is 3.00 e. The van der Waals surface area contributed by atoms with Crippen molar-refractivity contribution in [3.05, 3.63) is 42.7 Å². The van der Waals surface area contributed by atoms with Gasteiger partial charge in [-0.05, 0) is 16.1 Å². The van der Waals surface area contributed by atoms with Gasteiger partial charge < -0.3 is 24.8 Å². The fourth-order valence-corrected chi connectivity index (χ4v) is 1.55. The van der Waals surface area contributed by atoms with E-state index in [2.05, 4.69) is 39.8 Å². The summed E-state index contributed by atoms with van der Waals surface area (Å²) < 4.78 is 1.65. The maximum Gasteiger partial charge on any atom is 3.00 e. The molecule has 2 aromatic carbocycles. The Morgan fingerprint density at radius 2 is 1.88 bits per heavy atom. The van der Waals surface area contributed by atoms with Gasteiger partial charge in [-0.15, -0.1) is 46.2 Å². The second kappa shape index (κ2) is 6.82. The molecule has 1 heterocycles. The number of aromatic nitrogens is 4. The van der Waals surface area contributed by atoms with E-state index in [0.29, 0.717) is 0 Å². The number of benzene rings is 1. The van der Waals surface area contributed by atoms with Crippen molar-refractivity contribution in [1.29, 1.82) is 0 Å². The van der Waals surface area contributed by atoms with E-state index in [0.717, 1.165) is 5.69 Å². The first kappa shape index (κ1) is 16.2. The average Bonchev–Trinajstić information content (AvgIpc) is 2.86. The normalized spacial score (nSPS) is 8.94. The summed E-state index contributed by atoms with van der Waals surface area (Å²) in [5.74, 6) is 0. The molecule has 1 aromatic heterocycles. The van der Waals surface area contributed by atoms with Gasteiger partial charge >= 0.3 is 21.7 Å². The maximum absolute atomic E-state index is 3.84. The van der Waals surface area contributed by atoms with Gasteiger partial charge in [-0.1, -0.05) is 6.07 Å². The van der Waals surface area contributed by atoms with Crippen LogP contribution in [0.5, 0.6) is 0 Å². The zero-order valence-corrected chi connectivity index (χ0v) is 11.7. The standard InChI is InChI=1S/C10H7N4.2ClH.Ti/c1-2-4-9-6-10(5-8(9)3-1)14-7-11-12-13-14;;;/h1-7H;2*1H;/q-1;;;+3/p-2. The van der Waals surface area contributed by atoms with Crippen molar-refractivity contribution in [3.63, 3.8) is 0 Å². The van der Waals surface area contributed by atoms with Crippen LogP contribution in [0.1, 0.15) is 0 Å². The van der Waals surface area contributed by atoms with Crippen LogP contribution in [0.25, 0.3) is 16.5 Å². The molecular formula is C10H7Cl2N4Ti. The topological polar surface area (TPSA) is 43.6 Å². The fourth-order valence-electron chi connectivity index (χ4n) is 1.55. The first-order valence-corrected chi connectivity index (χ1v) is 4.32. The minimum atomic E-state index is 0. The Balaban J connectivity index is 0.000000853. The number of fused-ring (bicyclic) bond motifs is 1. The SMILES string of the molecule is [Cl-].[Cl-].[Ti+3].c1ccc2[cH-]c(-n3cnnn3)cc2c1. The Labute approximate surface area is 125 Å². The minimum Gasteiger partial charge on any atom is -1.00 e. The summed E-state index contributed by atoms with van der Waals surface area (Å²) in [6.07, 6.45) is 1.59. The van der Waals surface area contributed by atoms with E-state index < -0.39 is 0 Å². The van der Waals surface area contributed by atoms with Crippen LogP contribution in [0.15, 0.2) is 42.7 Å². The number of tetrazole rings is 1. The molecule has 0 fully saturated rings. The van der Waals surface area contributed by atoms with Crippen LogP contribution in [-0.2, 0) is 21.7 Å². The molecule has 0 bridgehead atoms. The second-order valence-corrected chi connectivity index (χ2v) is 3.10. The summed E-state index contributed by atoms with van der Waals surface area (Å²) in [6.45, 7) is 0. The van der Waals surface area contributed by atoms with E-state index >= 15 is 0 Å². The van der Waals surface area contributed by atoms with Crippen molar-refractivity contribution in [1.82, 2.24) is 20.2 Å². The molecule has 0 N–H and O–H groups in total. The molecule has 0 aliphatic rings. The third-order valence-corrected chi connectivity index (χ3v) is 2.22. The quantitative estimate of drug-likeness (QED) is 0.336. The van der Waals surface area contributed by atoms with Crippen LogP contribution in [0.4, 0.5) is 0 Å². The second-order valence-electron chi connectivity index (χ2n) is 3.10. The number of halogens is 2. The number of hydrogen-bond acceptors (Lipinski definition) is 3. The number of hydrogen-bond donors (Lipinski definition) is 0. The smallest absolute Gasteiger partial charge is 1.00 e. The summed E-state index contributed by atoms with van der Waals surface area (Å²) in [4.78, 5) is 0. The van der Waals surface area contributed by atoms with Gasteiger partial charge in [0.05, 0.1) is 0 Å². The van der Waals surface area contributed by atoms with Gasteiger partial charge in [0.2, 0.25) is 0 Å². The maximum atomic E-state index is 3.84. The number of nitrogens with zero attached hydrogens (tertiary/aromatic N) is 4. The van der Waals surface area contributed by atoms with Gasteiger partial charge in [0.25, 0.3) is 0 Å². The molecule has 0 saturated carbocycles. The Kier molecular flexibility index (Phi) is 6.49. The van der Waals surface area contributed by atoms with Crippen molar-refractivity contribution in [2.24, 2.45) is 0 Å². The monoisotopic (exact) mass is 301 g/mol. The van der Waals surface area contributed by atoms with Gasteiger partial charge in [0, 0.05) is 0 Å². The van der Waals surface area contributed by atoms with Gasteiger partial charge in [-0.2, -0.15) is 0 Å². The Hall–Kier alpha value is -0.806. The summed E-state index contributed by atoms with van der Waals surface area (Å²) in [5, 5.41) is 13.5. The van der Waals surface area contributed by atoms with Crippen molar-refractivity contribution in [3.8, 4) is 5.69 Å².